The number of aromatic nitrogens is 1. The van der Waals surface area contributed by atoms with Gasteiger partial charge in [0, 0.05) is 38.9 Å². The van der Waals surface area contributed by atoms with E-state index in [4.69, 9.17) is 30.5 Å². The van der Waals surface area contributed by atoms with Crippen molar-refractivity contribution in [1.29, 1.82) is 0 Å². The predicted molar refractivity (Wildman–Crippen MR) is 118 cm³/mol. The summed E-state index contributed by atoms with van der Waals surface area (Å²) >= 11 is 6.03. The lowest BCUT2D eigenvalue weighted by atomic mass is 10.2. The zero-order chi connectivity index (χ0) is 23.1. The van der Waals surface area contributed by atoms with E-state index < -0.39 is 5.97 Å². The van der Waals surface area contributed by atoms with Crippen molar-refractivity contribution in [2.24, 2.45) is 0 Å². The van der Waals surface area contributed by atoms with Crippen LogP contribution in [0.4, 0.5) is 0 Å². The minimum atomic E-state index is -0.482. The molecule has 2 heterocycles. The molecule has 32 heavy (non-hydrogen) atoms. The molecule has 1 aliphatic heterocycles. The average molecular weight is 464 g/mol. The van der Waals surface area contributed by atoms with Gasteiger partial charge in [0.15, 0.2) is 11.5 Å². The van der Waals surface area contributed by atoms with Gasteiger partial charge in [-0.05, 0) is 24.3 Å². The Hall–Kier alpha value is -3.04. The number of hydrogen-bond acceptors (Lipinski definition) is 8. The van der Waals surface area contributed by atoms with Crippen LogP contribution in [0.5, 0.6) is 17.2 Å². The molecule has 0 radical (unpaired) electrons. The second-order valence-electron chi connectivity index (χ2n) is 7.03. The number of ether oxygens (including phenoxy) is 4. The molecule has 0 saturated carbocycles. The van der Waals surface area contributed by atoms with E-state index in [0.29, 0.717) is 61.1 Å². The monoisotopic (exact) mass is 463 g/mol. The maximum absolute atomic E-state index is 12.6. The summed E-state index contributed by atoms with van der Waals surface area (Å²) in [5.74, 6) is 0.564. The minimum Gasteiger partial charge on any atom is -0.493 e. The molecule has 10 heteroatoms. The molecule has 0 unspecified atom stereocenters. The SMILES string of the molecule is COc1cc(C(=O)OCCN2CCN(C(=O)c3cccnc3Cl)CC2)cc(OC)c1OC. The van der Waals surface area contributed by atoms with E-state index in [1.165, 1.54) is 21.3 Å². The van der Waals surface area contributed by atoms with Gasteiger partial charge in [0.25, 0.3) is 5.91 Å². The Morgan fingerprint density at radius 2 is 1.69 bits per heavy atom. The molecule has 0 atom stereocenters. The lowest BCUT2D eigenvalue weighted by Gasteiger charge is -2.34. The lowest BCUT2D eigenvalue weighted by Crippen LogP contribution is -2.49. The number of nitrogens with zero attached hydrogens (tertiary/aromatic N) is 3. The number of esters is 1. The first kappa shape index (κ1) is 23.6. The van der Waals surface area contributed by atoms with Crippen LogP contribution in [0.15, 0.2) is 30.5 Å². The van der Waals surface area contributed by atoms with Crippen molar-refractivity contribution in [3.05, 3.63) is 46.7 Å². The summed E-state index contributed by atoms with van der Waals surface area (Å²) in [7, 11) is 4.47. The number of carbonyl (C=O) groups excluding carboxylic acids is 2. The molecule has 0 spiro atoms. The van der Waals surface area contributed by atoms with Crippen LogP contribution in [0, 0.1) is 0 Å². The second-order valence-corrected chi connectivity index (χ2v) is 7.38. The highest BCUT2D eigenvalue weighted by Crippen LogP contribution is 2.38. The molecule has 1 saturated heterocycles. The third-order valence-electron chi connectivity index (χ3n) is 5.19. The fourth-order valence-corrected chi connectivity index (χ4v) is 3.64. The molecule has 0 N–H and O–H groups in total. The molecule has 1 aromatic heterocycles. The molecule has 172 valence electrons. The van der Waals surface area contributed by atoms with E-state index >= 15 is 0 Å². The van der Waals surface area contributed by atoms with Crippen LogP contribution in [0.1, 0.15) is 20.7 Å². The summed E-state index contributed by atoms with van der Waals surface area (Å²) < 4.78 is 21.2. The summed E-state index contributed by atoms with van der Waals surface area (Å²) in [4.78, 5) is 33.0. The van der Waals surface area contributed by atoms with Crippen molar-refractivity contribution in [2.45, 2.75) is 0 Å². The molecule has 3 rings (SSSR count). The Balaban J connectivity index is 1.49. The standard InChI is InChI=1S/C22H26ClN3O6/c1-29-17-13-15(14-18(30-2)19(17)31-3)22(28)32-12-11-25-7-9-26(10-8-25)21(27)16-5-4-6-24-20(16)23/h4-6,13-14H,7-12H2,1-3H3. The van der Waals surface area contributed by atoms with Gasteiger partial charge in [-0.3, -0.25) is 9.69 Å². The number of halogens is 1. The zero-order valence-electron chi connectivity index (χ0n) is 18.3. The largest absolute Gasteiger partial charge is 0.493 e. The van der Waals surface area contributed by atoms with Crippen molar-refractivity contribution < 1.29 is 28.5 Å². The Morgan fingerprint density at radius 3 is 2.25 bits per heavy atom. The van der Waals surface area contributed by atoms with E-state index in [-0.39, 0.29) is 17.7 Å². The van der Waals surface area contributed by atoms with Crippen molar-refractivity contribution >= 4 is 23.5 Å². The number of benzene rings is 1. The molecule has 1 fully saturated rings. The highest BCUT2D eigenvalue weighted by molar-refractivity contribution is 6.32. The zero-order valence-corrected chi connectivity index (χ0v) is 19.1. The number of methoxy groups -OCH3 is 3. The van der Waals surface area contributed by atoms with Crippen LogP contribution in [0.3, 0.4) is 0 Å². The van der Waals surface area contributed by atoms with Gasteiger partial charge in [-0.15, -0.1) is 0 Å². The summed E-state index contributed by atoms with van der Waals surface area (Å²) in [6.45, 7) is 3.25. The van der Waals surface area contributed by atoms with E-state index in [1.54, 1.807) is 35.4 Å². The molecule has 2 aromatic rings. The van der Waals surface area contributed by atoms with Crippen LogP contribution in [-0.4, -0.2) is 87.3 Å². The predicted octanol–water partition coefficient (Wildman–Crippen LogP) is 2.38. The molecular formula is C22H26ClN3O6. The van der Waals surface area contributed by atoms with Gasteiger partial charge in [0.2, 0.25) is 5.75 Å². The Kier molecular flexibility index (Phi) is 8.13. The van der Waals surface area contributed by atoms with Gasteiger partial charge in [0.1, 0.15) is 11.8 Å². The van der Waals surface area contributed by atoms with Gasteiger partial charge >= 0.3 is 5.97 Å². The smallest absolute Gasteiger partial charge is 0.338 e. The number of amides is 1. The summed E-state index contributed by atoms with van der Waals surface area (Å²) in [5.41, 5.74) is 0.713. The number of carbonyl (C=O) groups is 2. The fourth-order valence-electron chi connectivity index (χ4n) is 3.44. The molecule has 9 nitrogen and oxygen atoms in total. The van der Waals surface area contributed by atoms with Crippen LogP contribution < -0.4 is 14.2 Å². The quantitative estimate of drug-likeness (QED) is 0.435. The van der Waals surface area contributed by atoms with Gasteiger partial charge in [-0.25, -0.2) is 9.78 Å². The first-order valence-electron chi connectivity index (χ1n) is 10.1. The van der Waals surface area contributed by atoms with Crippen molar-refractivity contribution in [3.63, 3.8) is 0 Å². The van der Waals surface area contributed by atoms with Gasteiger partial charge in [-0.1, -0.05) is 11.6 Å². The van der Waals surface area contributed by atoms with Crippen LogP contribution in [-0.2, 0) is 4.74 Å². The van der Waals surface area contributed by atoms with E-state index in [1.807, 2.05) is 0 Å². The highest BCUT2D eigenvalue weighted by atomic mass is 35.5. The highest BCUT2D eigenvalue weighted by Gasteiger charge is 2.24. The van der Waals surface area contributed by atoms with Crippen LogP contribution in [0.2, 0.25) is 5.15 Å². The molecule has 0 bridgehead atoms. The van der Waals surface area contributed by atoms with Gasteiger partial charge in [0.05, 0.1) is 32.5 Å². The van der Waals surface area contributed by atoms with E-state index in [2.05, 4.69) is 9.88 Å². The third kappa shape index (κ3) is 5.41. The number of rotatable bonds is 8. The topological polar surface area (TPSA) is 90.4 Å². The van der Waals surface area contributed by atoms with Crippen LogP contribution >= 0.6 is 11.6 Å². The molecule has 1 aromatic carbocycles. The number of piperazine rings is 1. The average Bonchev–Trinajstić information content (AvgIpc) is 2.83. The van der Waals surface area contributed by atoms with Gasteiger partial charge in [-0.2, -0.15) is 0 Å². The summed E-state index contributed by atoms with van der Waals surface area (Å²) in [5, 5.41) is 0.207. The minimum absolute atomic E-state index is 0.128. The van der Waals surface area contributed by atoms with Crippen LogP contribution in [0.25, 0.3) is 0 Å². The summed E-state index contributed by atoms with van der Waals surface area (Å²) in [6, 6.07) is 6.47. The van der Waals surface area contributed by atoms with Crippen molar-refractivity contribution in [3.8, 4) is 17.2 Å². The molecule has 0 aliphatic carbocycles. The second kappa shape index (κ2) is 11.0. The maximum atomic E-state index is 12.6. The Morgan fingerprint density at radius 1 is 1.03 bits per heavy atom. The number of pyridine rings is 1. The van der Waals surface area contributed by atoms with Crippen molar-refractivity contribution in [2.75, 3.05) is 60.7 Å². The molecule has 1 amide bonds. The molecule has 1 aliphatic rings. The lowest BCUT2D eigenvalue weighted by molar-refractivity contribution is 0.0411. The third-order valence-corrected chi connectivity index (χ3v) is 5.49. The first-order valence-corrected chi connectivity index (χ1v) is 10.5. The van der Waals surface area contributed by atoms with Crippen molar-refractivity contribution in [1.82, 2.24) is 14.8 Å². The van der Waals surface area contributed by atoms with E-state index in [9.17, 15) is 9.59 Å². The fraction of sp³-hybridized carbons (Fsp3) is 0.409. The Labute approximate surface area is 191 Å². The van der Waals surface area contributed by atoms with Gasteiger partial charge < -0.3 is 23.8 Å². The van der Waals surface area contributed by atoms with E-state index in [0.717, 1.165) is 0 Å². The Bertz CT molecular complexity index is 937. The first-order chi connectivity index (χ1) is 15.5. The molecular weight excluding hydrogens is 438 g/mol. The maximum Gasteiger partial charge on any atom is 0.338 e. The summed E-state index contributed by atoms with van der Waals surface area (Å²) in [6.07, 6.45) is 1.55. The number of hydrogen-bond donors (Lipinski definition) is 0. The normalized spacial score (nSPS) is 14.1.